The van der Waals surface area contributed by atoms with Gasteiger partial charge in [0.25, 0.3) is 0 Å². The zero-order valence-corrected chi connectivity index (χ0v) is 8.07. The highest BCUT2D eigenvalue weighted by atomic mass is 16.5. The molecule has 1 fully saturated rings. The van der Waals surface area contributed by atoms with Crippen LogP contribution in [0.15, 0.2) is 35.9 Å². The molecular formula is C12H12O2. The van der Waals surface area contributed by atoms with Gasteiger partial charge in [-0.05, 0) is 11.6 Å². The largest absolute Gasteiger partial charge is 0.462 e. The van der Waals surface area contributed by atoms with Gasteiger partial charge >= 0.3 is 5.97 Å². The predicted octanol–water partition coefficient (Wildman–Crippen LogP) is 2.26. The fraction of sp³-hybridized carbons (Fsp3) is 0.250. The van der Waals surface area contributed by atoms with Gasteiger partial charge in [0.15, 0.2) is 0 Å². The molecule has 1 aliphatic rings. The molecule has 14 heavy (non-hydrogen) atoms. The smallest absolute Gasteiger partial charge is 0.334 e. The molecule has 0 radical (unpaired) electrons. The molecule has 2 rings (SSSR count). The van der Waals surface area contributed by atoms with Crippen molar-refractivity contribution in [3.05, 3.63) is 41.5 Å². The molecule has 0 spiro atoms. The van der Waals surface area contributed by atoms with E-state index in [1.807, 2.05) is 43.3 Å². The van der Waals surface area contributed by atoms with Gasteiger partial charge in [-0.15, -0.1) is 0 Å². The van der Waals surface area contributed by atoms with Crippen LogP contribution in [-0.4, -0.2) is 12.6 Å². The van der Waals surface area contributed by atoms with E-state index in [4.69, 9.17) is 4.74 Å². The topological polar surface area (TPSA) is 26.3 Å². The van der Waals surface area contributed by atoms with Crippen molar-refractivity contribution in [1.29, 1.82) is 0 Å². The first-order chi connectivity index (χ1) is 6.77. The van der Waals surface area contributed by atoms with E-state index in [2.05, 4.69) is 0 Å². The molecule has 0 N–H and O–H groups in total. The van der Waals surface area contributed by atoms with Crippen LogP contribution in [0, 0.1) is 5.92 Å². The van der Waals surface area contributed by atoms with E-state index < -0.39 is 0 Å². The lowest BCUT2D eigenvalue weighted by Gasteiger charge is -1.98. The monoisotopic (exact) mass is 188 g/mol. The van der Waals surface area contributed by atoms with E-state index in [-0.39, 0.29) is 11.9 Å². The first kappa shape index (κ1) is 9.00. The average molecular weight is 188 g/mol. The number of cyclic esters (lactones) is 1. The average Bonchev–Trinajstić information content (AvgIpc) is 2.51. The lowest BCUT2D eigenvalue weighted by Crippen LogP contribution is -1.98. The Kier molecular flexibility index (Phi) is 2.35. The Morgan fingerprint density at radius 3 is 2.64 bits per heavy atom. The van der Waals surface area contributed by atoms with Crippen LogP contribution in [0.5, 0.6) is 0 Å². The van der Waals surface area contributed by atoms with Crippen LogP contribution in [0.1, 0.15) is 12.5 Å². The Balaban J connectivity index is 2.30. The van der Waals surface area contributed by atoms with Crippen LogP contribution in [-0.2, 0) is 9.53 Å². The first-order valence-corrected chi connectivity index (χ1v) is 4.71. The molecule has 1 aliphatic heterocycles. The minimum atomic E-state index is -0.179. The fourth-order valence-corrected chi connectivity index (χ4v) is 1.50. The van der Waals surface area contributed by atoms with E-state index in [9.17, 15) is 4.79 Å². The Morgan fingerprint density at radius 2 is 2.07 bits per heavy atom. The maximum absolute atomic E-state index is 11.3. The summed E-state index contributed by atoms with van der Waals surface area (Å²) >= 11 is 0. The molecule has 0 amide bonds. The Labute approximate surface area is 83.2 Å². The maximum atomic E-state index is 11.3. The van der Waals surface area contributed by atoms with Gasteiger partial charge in [0.2, 0.25) is 0 Å². The number of hydrogen-bond acceptors (Lipinski definition) is 2. The molecule has 1 aromatic carbocycles. The molecule has 0 aromatic heterocycles. The van der Waals surface area contributed by atoms with E-state index in [0.29, 0.717) is 6.61 Å². The van der Waals surface area contributed by atoms with Crippen LogP contribution >= 0.6 is 0 Å². The summed E-state index contributed by atoms with van der Waals surface area (Å²) in [5, 5.41) is 0. The van der Waals surface area contributed by atoms with E-state index in [0.717, 1.165) is 11.1 Å². The van der Waals surface area contributed by atoms with Gasteiger partial charge in [-0.1, -0.05) is 37.3 Å². The number of carbonyl (C=O) groups excluding carboxylic acids is 1. The first-order valence-electron chi connectivity index (χ1n) is 4.71. The number of benzene rings is 1. The quantitative estimate of drug-likeness (QED) is 0.499. The lowest BCUT2D eigenvalue weighted by atomic mass is 10.0. The lowest BCUT2D eigenvalue weighted by molar-refractivity contribution is -0.135. The molecule has 72 valence electrons. The van der Waals surface area contributed by atoms with Crippen molar-refractivity contribution in [2.45, 2.75) is 6.92 Å². The number of rotatable bonds is 1. The zero-order valence-electron chi connectivity index (χ0n) is 8.07. The highest BCUT2D eigenvalue weighted by Crippen LogP contribution is 2.22. The van der Waals surface area contributed by atoms with Gasteiger partial charge in [0, 0.05) is 11.5 Å². The Morgan fingerprint density at radius 1 is 1.36 bits per heavy atom. The van der Waals surface area contributed by atoms with Crippen molar-refractivity contribution < 1.29 is 9.53 Å². The fourth-order valence-electron chi connectivity index (χ4n) is 1.50. The maximum Gasteiger partial charge on any atom is 0.334 e. The van der Waals surface area contributed by atoms with Gasteiger partial charge in [-0.25, -0.2) is 4.79 Å². The van der Waals surface area contributed by atoms with Crippen molar-refractivity contribution in [2.75, 3.05) is 6.61 Å². The van der Waals surface area contributed by atoms with Crippen molar-refractivity contribution in [1.82, 2.24) is 0 Å². The molecular weight excluding hydrogens is 176 g/mol. The van der Waals surface area contributed by atoms with Gasteiger partial charge < -0.3 is 4.74 Å². The summed E-state index contributed by atoms with van der Waals surface area (Å²) in [5.41, 5.74) is 1.82. The van der Waals surface area contributed by atoms with Gasteiger partial charge in [0.1, 0.15) is 0 Å². The number of carbonyl (C=O) groups is 1. The third kappa shape index (κ3) is 1.69. The third-order valence-corrected chi connectivity index (χ3v) is 2.35. The van der Waals surface area contributed by atoms with Crippen molar-refractivity contribution in [3.8, 4) is 0 Å². The van der Waals surface area contributed by atoms with Crippen LogP contribution in [0.4, 0.5) is 0 Å². The highest BCUT2D eigenvalue weighted by molar-refractivity contribution is 5.95. The third-order valence-electron chi connectivity index (χ3n) is 2.35. The predicted molar refractivity (Wildman–Crippen MR) is 54.5 cm³/mol. The Bertz CT molecular complexity index is 365. The summed E-state index contributed by atoms with van der Waals surface area (Å²) in [4.78, 5) is 11.3. The van der Waals surface area contributed by atoms with Gasteiger partial charge in [-0.3, -0.25) is 0 Å². The number of hydrogen-bond donors (Lipinski definition) is 0. The second-order valence-electron chi connectivity index (χ2n) is 3.51. The molecule has 0 saturated carbocycles. The van der Waals surface area contributed by atoms with Crippen LogP contribution in [0.3, 0.4) is 0 Å². The molecule has 1 heterocycles. The molecule has 1 saturated heterocycles. The van der Waals surface area contributed by atoms with Crippen molar-refractivity contribution in [3.63, 3.8) is 0 Å². The number of ether oxygens (including phenoxy) is 1. The molecule has 0 bridgehead atoms. The summed E-state index contributed by atoms with van der Waals surface area (Å²) in [6.45, 7) is 2.51. The molecule has 2 heteroatoms. The summed E-state index contributed by atoms with van der Waals surface area (Å²) in [5.74, 6) is 0.0315. The van der Waals surface area contributed by atoms with E-state index >= 15 is 0 Å². The summed E-state index contributed by atoms with van der Waals surface area (Å²) in [7, 11) is 0. The van der Waals surface area contributed by atoms with Crippen LogP contribution in [0.2, 0.25) is 0 Å². The van der Waals surface area contributed by atoms with Crippen molar-refractivity contribution >= 4 is 12.0 Å². The second-order valence-corrected chi connectivity index (χ2v) is 3.51. The number of esters is 1. The van der Waals surface area contributed by atoms with Gasteiger partial charge in [-0.2, -0.15) is 0 Å². The molecule has 0 unspecified atom stereocenters. The summed E-state index contributed by atoms with van der Waals surface area (Å²) in [6.07, 6.45) is 1.90. The Hall–Kier alpha value is -1.57. The molecule has 0 aliphatic carbocycles. The van der Waals surface area contributed by atoms with Gasteiger partial charge in [0.05, 0.1) is 6.61 Å². The second kappa shape index (κ2) is 3.66. The van der Waals surface area contributed by atoms with Crippen LogP contribution < -0.4 is 0 Å². The molecule has 1 atom stereocenters. The normalized spacial score (nSPS) is 23.9. The summed E-state index contributed by atoms with van der Waals surface area (Å²) < 4.78 is 4.94. The minimum Gasteiger partial charge on any atom is -0.462 e. The zero-order chi connectivity index (χ0) is 9.97. The standard InChI is InChI=1S/C12H12O2/c1-9-8-14-12(13)11(9)7-10-5-3-2-4-6-10/h2-7,9H,8H2,1H3/b11-7+/t9-/m1/s1. The summed E-state index contributed by atoms with van der Waals surface area (Å²) in [6, 6.07) is 9.82. The molecule has 2 nitrogen and oxygen atoms in total. The molecule has 1 aromatic rings. The highest BCUT2D eigenvalue weighted by Gasteiger charge is 2.26. The van der Waals surface area contributed by atoms with Crippen molar-refractivity contribution in [2.24, 2.45) is 5.92 Å². The van der Waals surface area contributed by atoms with Crippen LogP contribution in [0.25, 0.3) is 6.08 Å². The van der Waals surface area contributed by atoms with E-state index in [1.54, 1.807) is 0 Å². The van der Waals surface area contributed by atoms with E-state index in [1.165, 1.54) is 0 Å². The SMILES string of the molecule is C[C@@H]1COC(=O)/C1=C/c1ccccc1. The minimum absolute atomic E-state index is 0.179.